The zero-order valence-electron chi connectivity index (χ0n) is 13.6. The zero-order valence-corrected chi connectivity index (χ0v) is 13.6. The topological polar surface area (TPSA) is 84.9 Å². The molecule has 6 heteroatoms. The highest BCUT2D eigenvalue weighted by atomic mass is 16.7. The normalized spacial score (nSPS) is 20.5. The molecule has 5 nitrogen and oxygen atoms in total. The van der Waals surface area contributed by atoms with Crippen molar-refractivity contribution in [1.82, 2.24) is 0 Å². The van der Waals surface area contributed by atoms with Crippen LogP contribution in [0.1, 0.15) is 38.8 Å². The Morgan fingerprint density at radius 3 is 2.32 bits per heavy atom. The van der Waals surface area contributed by atoms with E-state index in [4.69, 9.17) is 15.0 Å². The Hall–Kier alpha value is -1.34. The maximum atomic E-state index is 9.62. The number of nitrogens with two attached hydrogens (primary N) is 1. The zero-order chi connectivity index (χ0) is 16.5. The van der Waals surface area contributed by atoms with E-state index >= 15 is 0 Å². The van der Waals surface area contributed by atoms with Crippen LogP contribution in [0.5, 0.6) is 5.75 Å². The molecule has 2 rings (SSSR count). The molecule has 1 aliphatic rings. The van der Waals surface area contributed by atoms with E-state index in [-0.39, 0.29) is 12.4 Å². The Balaban J connectivity index is 2.29. The average Bonchev–Trinajstić information content (AvgIpc) is 2.66. The van der Waals surface area contributed by atoms with Gasteiger partial charge in [0.1, 0.15) is 5.75 Å². The molecule has 0 aliphatic carbocycles. The van der Waals surface area contributed by atoms with Crippen molar-refractivity contribution in [2.75, 3.05) is 6.54 Å². The quantitative estimate of drug-likeness (QED) is 0.739. The SMILES string of the molecule is CC1(C)OB(C(=Cc2ccc(O)c(CO)c2)CN)OC1(C)C. The number of aliphatic hydroxyl groups is 1. The molecule has 1 saturated heterocycles. The molecule has 1 aromatic carbocycles. The first-order valence-electron chi connectivity index (χ1n) is 7.39. The number of aliphatic hydroxyl groups excluding tert-OH is 1. The van der Waals surface area contributed by atoms with Crippen molar-refractivity contribution in [2.24, 2.45) is 5.73 Å². The number of rotatable bonds is 4. The first-order valence-corrected chi connectivity index (χ1v) is 7.39. The van der Waals surface area contributed by atoms with Crippen molar-refractivity contribution in [1.29, 1.82) is 0 Å². The van der Waals surface area contributed by atoms with E-state index in [1.807, 2.05) is 33.8 Å². The van der Waals surface area contributed by atoms with Crippen molar-refractivity contribution >= 4 is 13.2 Å². The van der Waals surface area contributed by atoms with Gasteiger partial charge in [-0.05, 0) is 50.9 Å². The van der Waals surface area contributed by atoms with Crippen LogP contribution in [0.25, 0.3) is 6.08 Å². The van der Waals surface area contributed by atoms with Crippen LogP contribution >= 0.6 is 0 Å². The fraction of sp³-hybridized carbons (Fsp3) is 0.500. The van der Waals surface area contributed by atoms with Crippen LogP contribution < -0.4 is 5.73 Å². The van der Waals surface area contributed by atoms with Crippen molar-refractivity contribution in [2.45, 2.75) is 45.5 Å². The molecule has 120 valence electrons. The second-order valence-corrected chi connectivity index (χ2v) is 6.56. The van der Waals surface area contributed by atoms with Crippen molar-refractivity contribution in [3.05, 3.63) is 34.8 Å². The maximum absolute atomic E-state index is 9.62. The maximum Gasteiger partial charge on any atom is 0.491 e. The largest absolute Gasteiger partial charge is 0.508 e. The first-order chi connectivity index (χ1) is 10.2. The highest BCUT2D eigenvalue weighted by molar-refractivity contribution is 6.55. The summed E-state index contributed by atoms with van der Waals surface area (Å²) in [6, 6.07) is 5.03. The molecule has 1 aromatic rings. The van der Waals surface area contributed by atoms with Crippen molar-refractivity contribution in [3.8, 4) is 5.75 Å². The lowest BCUT2D eigenvalue weighted by Gasteiger charge is -2.32. The minimum Gasteiger partial charge on any atom is -0.508 e. The van der Waals surface area contributed by atoms with E-state index in [0.717, 1.165) is 11.0 Å². The molecule has 0 unspecified atom stereocenters. The summed E-state index contributed by atoms with van der Waals surface area (Å²) in [5.41, 5.74) is 7.13. The molecule has 1 aliphatic heterocycles. The summed E-state index contributed by atoms with van der Waals surface area (Å²) < 4.78 is 12.0. The molecule has 1 fully saturated rings. The van der Waals surface area contributed by atoms with Crippen LogP contribution in [-0.2, 0) is 15.9 Å². The van der Waals surface area contributed by atoms with Gasteiger partial charge in [0.05, 0.1) is 17.8 Å². The molecule has 0 saturated carbocycles. The molecule has 0 aromatic heterocycles. The molecule has 4 N–H and O–H groups in total. The van der Waals surface area contributed by atoms with Crippen LogP contribution in [0.15, 0.2) is 23.7 Å². The lowest BCUT2D eigenvalue weighted by molar-refractivity contribution is 0.00578. The Bertz CT molecular complexity index is 568. The summed E-state index contributed by atoms with van der Waals surface area (Å²) in [6.07, 6.45) is 1.88. The summed E-state index contributed by atoms with van der Waals surface area (Å²) >= 11 is 0. The number of hydrogen-bond donors (Lipinski definition) is 3. The van der Waals surface area contributed by atoms with E-state index in [2.05, 4.69) is 0 Å². The van der Waals surface area contributed by atoms with Gasteiger partial charge in [-0.2, -0.15) is 0 Å². The second-order valence-electron chi connectivity index (χ2n) is 6.56. The van der Waals surface area contributed by atoms with Crippen LogP contribution in [0, 0.1) is 0 Å². The highest BCUT2D eigenvalue weighted by Gasteiger charge is 2.52. The molecule has 0 amide bonds. The Kier molecular flexibility index (Phi) is 4.68. The molecule has 0 bridgehead atoms. The Morgan fingerprint density at radius 2 is 1.82 bits per heavy atom. The van der Waals surface area contributed by atoms with Crippen molar-refractivity contribution < 1.29 is 19.5 Å². The third-order valence-electron chi connectivity index (χ3n) is 4.42. The monoisotopic (exact) mass is 305 g/mol. The van der Waals surface area contributed by atoms with Gasteiger partial charge in [0.2, 0.25) is 0 Å². The van der Waals surface area contributed by atoms with Crippen LogP contribution in [0.2, 0.25) is 0 Å². The van der Waals surface area contributed by atoms with E-state index < -0.39 is 18.3 Å². The average molecular weight is 305 g/mol. The van der Waals surface area contributed by atoms with Gasteiger partial charge in [0.15, 0.2) is 0 Å². The summed E-state index contributed by atoms with van der Waals surface area (Å²) in [5, 5.41) is 18.8. The highest BCUT2D eigenvalue weighted by Crippen LogP contribution is 2.38. The van der Waals surface area contributed by atoms with Gasteiger partial charge in [-0.1, -0.05) is 12.1 Å². The predicted molar refractivity (Wildman–Crippen MR) is 87.1 cm³/mol. The predicted octanol–water partition coefficient (Wildman–Crippen LogP) is 1.86. The summed E-state index contributed by atoms with van der Waals surface area (Å²) in [6.45, 7) is 8.04. The van der Waals surface area contributed by atoms with Gasteiger partial charge in [-0.3, -0.25) is 0 Å². The Morgan fingerprint density at radius 1 is 1.23 bits per heavy atom. The molecule has 1 heterocycles. The standard InChI is InChI=1S/C16H24BNO4/c1-15(2)16(3,4)22-17(21-15)13(9-18)8-11-5-6-14(20)12(7-11)10-19/h5-8,19-20H,9-10,18H2,1-4H3. The number of aromatic hydroxyl groups is 1. The van der Waals surface area contributed by atoms with Crippen LogP contribution in [0.4, 0.5) is 0 Å². The fourth-order valence-electron chi connectivity index (χ4n) is 2.25. The van der Waals surface area contributed by atoms with E-state index in [1.54, 1.807) is 18.2 Å². The van der Waals surface area contributed by atoms with Gasteiger partial charge in [0.25, 0.3) is 0 Å². The van der Waals surface area contributed by atoms with E-state index in [9.17, 15) is 10.2 Å². The third kappa shape index (κ3) is 3.20. The van der Waals surface area contributed by atoms with Gasteiger partial charge in [-0.15, -0.1) is 0 Å². The molecule has 0 atom stereocenters. The number of benzene rings is 1. The van der Waals surface area contributed by atoms with Crippen molar-refractivity contribution in [3.63, 3.8) is 0 Å². The number of hydrogen-bond acceptors (Lipinski definition) is 5. The third-order valence-corrected chi connectivity index (χ3v) is 4.42. The van der Waals surface area contributed by atoms with Crippen LogP contribution in [0.3, 0.4) is 0 Å². The minimum absolute atomic E-state index is 0.0737. The smallest absolute Gasteiger partial charge is 0.491 e. The molecule has 0 radical (unpaired) electrons. The van der Waals surface area contributed by atoms with Gasteiger partial charge < -0.3 is 25.3 Å². The minimum atomic E-state index is -0.499. The Labute approximate surface area is 131 Å². The summed E-state index contributed by atoms with van der Waals surface area (Å²) in [4.78, 5) is 0. The number of phenols is 1. The van der Waals surface area contributed by atoms with E-state index in [1.165, 1.54) is 0 Å². The molecular formula is C16H24BNO4. The van der Waals surface area contributed by atoms with Gasteiger partial charge in [0, 0.05) is 12.1 Å². The van der Waals surface area contributed by atoms with Crippen LogP contribution in [-0.4, -0.2) is 35.1 Å². The summed E-state index contributed by atoms with van der Waals surface area (Å²) in [5.74, 6) is 0.0737. The van der Waals surface area contributed by atoms with E-state index in [0.29, 0.717) is 12.1 Å². The van der Waals surface area contributed by atoms with Gasteiger partial charge in [-0.25, -0.2) is 0 Å². The lowest BCUT2D eigenvalue weighted by Crippen LogP contribution is -2.41. The molecule has 22 heavy (non-hydrogen) atoms. The van der Waals surface area contributed by atoms with Gasteiger partial charge >= 0.3 is 7.12 Å². The first kappa shape index (κ1) is 17.0. The lowest BCUT2D eigenvalue weighted by atomic mass is 9.77. The summed E-state index contributed by atoms with van der Waals surface area (Å²) in [7, 11) is -0.499. The molecular weight excluding hydrogens is 281 g/mol. The second kappa shape index (κ2) is 6.04. The fourth-order valence-corrected chi connectivity index (χ4v) is 2.25. The molecule has 0 spiro atoms.